The number of alkyl halides is 3. The summed E-state index contributed by atoms with van der Waals surface area (Å²) in [6, 6.07) is 5.10. The topological polar surface area (TPSA) is 35.2 Å². The first-order chi connectivity index (χ1) is 8.30. The molecular formula is C13H18F3NO. The molecule has 1 atom stereocenters. The van der Waals surface area contributed by atoms with E-state index in [1.165, 1.54) is 12.1 Å². The first kappa shape index (κ1) is 15.0. The van der Waals surface area contributed by atoms with Crippen LogP contribution in [0.4, 0.5) is 13.2 Å². The van der Waals surface area contributed by atoms with Crippen LogP contribution in [0, 0.1) is 0 Å². The molecule has 1 aromatic carbocycles. The molecule has 102 valence electrons. The predicted octanol–water partition coefficient (Wildman–Crippen LogP) is 3.00. The number of rotatable bonds is 5. The van der Waals surface area contributed by atoms with Crippen molar-refractivity contribution < 1.29 is 17.9 Å². The van der Waals surface area contributed by atoms with Gasteiger partial charge in [0.15, 0.2) is 0 Å². The average molecular weight is 261 g/mol. The molecule has 2 nitrogen and oxygen atoms in total. The average Bonchev–Trinajstić information content (AvgIpc) is 2.29. The summed E-state index contributed by atoms with van der Waals surface area (Å²) in [5.41, 5.74) is 5.72. The fourth-order valence-corrected chi connectivity index (χ4v) is 1.78. The molecular weight excluding hydrogens is 243 g/mol. The number of hydrogen-bond acceptors (Lipinski definition) is 2. The first-order valence-corrected chi connectivity index (χ1v) is 5.75. The number of nitrogens with two attached hydrogens (primary N) is 1. The van der Waals surface area contributed by atoms with Crippen LogP contribution >= 0.6 is 0 Å². The minimum atomic E-state index is -4.30. The van der Waals surface area contributed by atoms with Gasteiger partial charge in [-0.1, -0.05) is 19.1 Å². The molecule has 1 aromatic rings. The van der Waals surface area contributed by atoms with Crippen LogP contribution in [-0.4, -0.2) is 19.3 Å². The molecule has 0 saturated carbocycles. The Balaban J connectivity index is 2.80. The van der Waals surface area contributed by atoms with E-state index in [1.54, 1.807) is 7.11 Å². The Morgan fingerprint density at radius 3 is 2.11 bits per heavy atom. The third kappa shape index (κ3) is 3.99. The van der Waals surface area contributed by atoms with Crippen molar-refractivity contribution in [1.82, 2.24) is 0 Å². The van der Waals surface area contributed by atoms with Crippen LogP contribution in [0.1, 0.15) is 24.5 Å². The highest BCUT2D eigenvalue weighted by molar-refractivity contribution is 5.26. The van der Waals surface area contributed by atoms with E-state index in [0.717, 1.165) is 17.7 Å². The summed E-state index contributed by atoms with van der Waals surface area (Å²) in [4.78, 5) is 0. The zero-order valence-electron chi connectivity index (χ0n) is 10.6. The van der Waals surface area contributed by atoms with Gasteiger partial charge in [-0.25, -0.2) is 0 Å². The zero-order valence-corrected chi connectivity index (χ0v) is 10.6. The normalized spacial score (nSPS) is 15.4. The van der Waals surface area contributed by atoms with Crippen molar-refractivity contribution in [3.05, 3.63) is 35.4 Å². The Kier molecular flexibility index (Phi) is 4.76. The van der Waals surface area contributed by atoms with Crippen molar-refractivity contribution >= 4 is 0 Å². The number of halogens is 3. The van der Waals surface area contributed by atoms with Crippen molar-refractivity contribution in [3.8, 4) is 0 Å². The molecule has 0 bridgehead atoms. The predicted molar refractivity (Wildman–Crippen MR) is 64.2 cm³/mol. The van der Waals surface area contributed by atoms with Crippen LogP contribution in [0.2, 0.25) is 0 Å². The number of methoxy groups -OCH3 is 1. The minimum Gasteiger partial charge on any atom is -0.383 e. The number of benzene rings is 1. The smallest absolute Gasteiger partial charge is 0.383 e. The van der Waals surface area contributed by atoms with E-state index in [0.29, 0.717) is 19.4 Å². The second kappa shape index (κ2) is 5.71. The van der Waals surface area contributed by atoms with Crippen molar-refractivity contribution in [3.63, 3.8) is 0 Å². The van der Waals surface area contributed by atoms with Crippen molar-refractivity contribution in [2.75, 3.05) is 13.7 Å². The van der Waals surface area contributed by atoms with Crippen LogP contribution in [0.25, 0.3) is 0 Å². The molecule has 0 amide bonds. The van der Waals surface area contributed by atoms with E-state index >= 15 is 0 Å². The quantitative estimate of drug-likeness (QED) is 0.884. The highest BCUT2D eigenvalue weighted by Crippen LogP contribution is 2.29. The van der Waals surface area contributed by atoms with Crippen molar-refractivity contribution in [1.29, 1.82) is 0 Å². The summed E-state index contributed by atoms with van der Waals surface area (Å²) in [6.07, 6.45) is -3.10. The molecule has 0 spiro atoms. The summed E-state index contributed by atoms with van der Waals surface area (Å²) in [6.45, 7) is 2.31. The van der Waals surface area contributed by atoms with Gasteiger partial charge in [-0.15, -0.1) is 0 Å². The van der Waals surface area contributed by atoms with Gasteiger partial charge in [0.25, 0.3) is 0 Å². The Morgan fingerprint density at radius 1 is 1.17 bits per heavy atom. The van der Waals surface area contributed by atoms with Crippen LogP contribution < -0.4 is 5.73 Å². The van der Waals surface area contributed by atoms with E-state index in [2.05, 4.69) is 0 Å². The maximum Gasteiger partial charge on any atom is 0.416 e. The lowest BCUT2D eigenvalue weighted by Crippen LogP contribution is -2.45. The Bertz CT molecular complexity index is 375. The molecule has 2 N–H and O–H groups in total. The Hall–Kier alpha value is -1.07. The van der Waals surface area contributed by atoms with Gasteiger partial charge in [0.1, 0.15) is 0 Å². The third-order valence-corrected chi connectivity index (χ3v) is 2.97. The molecule has 0 saturated heterocycles. The standard InChI is InChI=1S/C13H18F3NO/c1-3-12(17,9-18-2)8-10-4-6-11(7-5-10)13(14,15)16/h4-7H,3,8-9,17H2,1-2H3. The minimum absolute atomic E-state index is 0.379. The molecule has 0 aliphatic carbocycles. The summed E-state index contributed by atoms with van der Waals surface area (Å²) in [5.74, 6) is 0. The second-order valence-electron chi connectivity index (χ2n) is 4.52. The largest absolute Gasteiger partial charge is 0.416 e. The molecule has 0 aliphatic heterocycles. The zero-order chi connectivity index (χ0) is 13.8. The molecule has 0 heterocycles. The van der Waals surface area contributed by atoms with Gasteiger partial charge in [0.2, 0.25) is 0 Å². The highest BCUT2D eigenvalue weighted by atomic mass is 19.4. The molecule has 0 fully saturated rings. The number of ether oxygens (including phenoxy) is 1. The van der Waals surface area contributed by atoms with Crippen LogP contribution in [-0.2, 0) is 17.3 Å². The maximum absolute atomic E-state index is 12.4. The molecule has 1 unspecified atom stereocenters. The molecule has 0 aromatic heterocycles. The fraction of sp³-hybridized carbons (Fsp3) is 0.538. The third-order valence-electron chi connectivity index (χ3n) is 2.97. The summed E-state index contributed by atoms with van der Waals surface area (Å²) in [7, 11) is 1.56. The maximum atomic E-state index is 12.4. The monoisotopic (exact) mass is 261 g/mol. The van der Waals surface area contributed by atoms with Crippen LogP contribution in [0.5, 0.6) is 0 Å². The van der Waals surface area contributed by atoms with E-state index < -0.39 is 17.3 Å². The van der Waals surface area contributed by atoms with Crippen molar-refractivity contribution in [2.24, 2.45) is 5.73 Å². The second-order valence-corrected chi connectivity index (χ2v) is 4.52. The lowest BCUT2D eigenvalue weighted by Gasteiger charge is -2.27. The molecule has 5 heteroatoms. The van der Waals surface area contributed by atoms with E-state index in [9.17, 15) is 13.2 Å². The van der Waals surface area contributed by atoms with Gasteiger partial charge in [-0.3, -0.25) is 0 Å². The number of hydrogen-bond donors (Lipinski definition) is 1. The van der Waals surface area contributed by atoms with Crippen LogP contribution in [0.15, 0.2) is 24.3 Å². The molecule has 0 radical (unpaired) electrons. The Morgan fingerprint density at radius 2 is 1.72 bits per heavy atom. The highest BCUT2D eigenvalue weighted by Gasteiger charge is 2.30. The van der Waals surface area contributed by atoms with Gasteiger partial charge >= 0.3 is 6.18 Å². The lowest BCUT2D eigenvalue weighted by atomic mass is 9.90. The summed E-state index contributed by atoms with van der Waals surface area (Å²) in [5, 5.41) is 0. The molecule has 0 aliphatic rings. The summed E-state index contributed by atoms with van der Waals surface area (Å²) >= 11 is 0. The van der Waals surface area contributed by atoms with Gasteiger partial charge in [0, 0.05) is 12.6 Å². The SMILES string of the molecule is CCC(N)(COC)Cc1ccc(C(F)(F)F)cc1. The van der Waals surface area contributed by atoms with Gasteiger partial charge in [0.05, 0.1) is 12.2 Å². The van der Waals surface area contributed by atoms with Crippen LogP contribution in [0.3, 0.4) is 0 Å². The first-order valence-electron chi connectivity index (χ1n) is 5.75. The molecule has 18 heavy (non-hydrogen) atoms. The summed E-state index contributed by atoms with van der Waals surface area (Å²) < 4.78 is 42.2. The fourth-order valence-electron chi connectivity index (χ4n) is 1.78. The van der Waals surface area contributed by atoms with Gasteiger partial charge < -0.3 is 10.5 Å². The van der Waals surface area contributed by atoms with Gasteiger partial charge in [-0.2, -0.15) is 13.2 Å². The van der Waals surface area contributed by atoms with E-state index in [-0.39, 0.29) is 0 Å². The van der Waals surface area contributed by atoms with Crippen molar-refractivity contribution in [2.45, 2.75) is 31.5 Å². The van der Waals surface area contributed by atoms with Gasteiger partial charge in [-0.05, 0) is 30.5 Å². The lowest BCUT2D eigenvalue weighted by molar-refractivity contribution is -0.137. The van der Waals surface area contributed by atoms with E-state index in [1.807, 2.05) is 6.92 Å². The molecule has 1 rings (SSSR count). The Labute approximate surface area is 105 Å². The van der Waals surface area contributed by atoms with E-state index in [4.69, 9.17) is 10.5 Å².